The van der Waals surface area contributed by atoms with Crippen molar-refractivity contribution in [1.29, 1.82) is 0 Å². The van der Waals surface area contributed by atoms with Crippen LogP contribution < -0.4 is 10.1 Å². The molecule has 6 nitrogen and oxygen atoms in total. The largest absolute Gasteiger partial charge is 0.455 e. The lowest BCUT2D eigenvalue weighted by atomic mass is 10.2. The van der Waals surface area contributed by atoms with E-state index < -0.39 is 0 Å². The van der Waals surface area contributed by atoms with Crippen LogP contribution in [0.2, 0.25) is 5.02 Å². The van der Waals surface area contributed by atoms with Crippen molar-refractivity contribution in [2.24, 2.45) is 7.05 Å². The number of hydrogen-bond acceptors (Lipinski definition) is 4. The van der Waals surface area contributed by atoms with Crippen molar-refractivity contribution < 1.29 is 4.74 Å². The van der Waals surface area contributed by atoms with Crippen LogP contribution in [0.25, 0.3) is 21.9 Å². The number of benzene rings is 2. The quantitative estimate of drug-likeness (QED) is 0.417. The van der Waals surface area contributed by atoms with Gasteiger partial charge in [-0.25, -0.2) is 9.97 Å². The average molecular weight is 390 g/mol. The summed E-state index contributed by atoms with van der Waals surface area (Å²) in [5, 5.41) is 4.83. The van der Waals surface area contributed by atoms with Gasteiger partial charge in [0, 0.05) is 36.0 Å². The number of nitrogens with zero attached hydrogens (tertiary/aromatic N) is 3. The first kappa shape index (κ1) is 16.6. The second kappa shape index (κ2) is 6.58. The maximum absolute atomic E-state index is 6.49. The topological polar surface area (TPSA) is 67.8 Å². The number of hydrogen-bond donors (Lipinski definition) is 2. The van der Waals surface area contributed by atoms with Gasteiger partial charge in [0.25, 0.3) is 0 Å². The van der Waals surface area contributed by atoms with Crippen LogP contribution in [-0.2, 0) is 7.05 Å². The molecule has 0 aliphatic heterocycles. The van der Waals surface area contributed by atoms with E-state index in [9.17, 15) is 0 Å². The summed E-state index contributed by atoms with van der Waals surface area (Å²) >= 11 is 6.49. The SMILES string of the molecule is Cn1ccc2ncnc(Nc3ccc(Oc4cccc5[nH]ccc45)c(Cl)c3)c21. The molecule has 0 fully saturated rings. The molecule has 0 amide bonds. The fourth-order valence-electron chi connectivity index (χ4n) is 3.27. The van der Waals surface area contributed by atoms with Gasteiger partial charge < -0.3 is 19.6 Å². The molecule has 2 N–H and O–H groups in total. The van der Waals surface area contributed by atoms with Crippen LogP contribution in [0.3, 0.4) is 0 Å². The lowest BCUT2D eigenvalue weighted by molar-refractivity contribution is 0.489. The van der Waals surface area contributed by atoms with Gasteiger partial charge in [0.05, 0.1) is 10.5 Å². The van der Waals surface area contributed by atoms with Crippen LogP contribution >= 0.6 is 11.6 Å². The lowest BCUT2D eigenvalue weighted by Gasteiger charge is -2.12. The molecule has 5 aromatic rings. The van der Waals surface area contributed by atoms with E-state index in [2.05, 4.69) is 20.3 Å². The first-order valence-electron chi connectivity index (χ1n) is 8.75. The van der Waals surface area contributed by atoms with Gasteiger partial charge >= 0.3 is 0 Å². The average Bonchev–Trinajstić information content (AvgIpc) is 3.32. The number of aromatic amines is 1. The summed E-state index contributed by atoms with van der Waals surface area (Å²) in [5.41, 5.74) is 3.64. The van der Waals surface area contributed by atoms with Crippen LogP contribution in [0.5, 0.6) is 11.5 Å². The highest BCUT2D eigenvalue weighted by atomic mass is 35.5. The van der Waals surface area contributed by atoms with E-state index >= 15 is 0 Å². The molecule has 0 aliphatic rings. The maximum atomic E-state index is 6.49. The zero-order chi connectivity index (χ0) is 19.1. The molecular formula is C21H16ClN5O. The van der Waals surface area contributed by atoms with E-state index in [1.165, 1.54) is 0 Å². The van der Waals surface area contributed by atoms with Crippen molar-refractivity contribution in [3.8, 4) is 11.5 Å². The minimum absolute atomic E-state index is 0.509. The molecule has 0 bridgehead atoms. The molecule has 7 heteroatoms. The highest BCUT2D eigenvalue weighted by Crippen LogP contribution is 2.35. The Bertz CT molecular complexity index is 1310. The smallest absolute Gasteiger partial charge is 0.158 e. The summed E-state index contributed by atoms with van der Waals surface area (Å²) in [5.74, 6) is 2.06. The highest BCUT2D eigenvalue weighted by molar-refractivity contribution is 6.32. The van der Waals surface area contributed by atoms with Gasteiger partial charge in [-0.15, -0.1) is 0 Å². The number of ether oxygens (including phenoxy) is 1. The van der Waals surface area contributed by atoms with Crippen LogP contribution in [-0.4, -0.2) is 19.5 Å². The summed E-state index contributed by atoms with van der Waals surface area (Å²) in [6, 6.07) is 15.4. The Kier molecular flexibility index (Phi) is 3.91. The number of aromatic nitrogens is 4. The summed E-state index contributed by atoms with van der Waals surface area (Å²) in [6.45, 7) is 0. The molecule has 3 heterocycles. The predicted molar refractivity (Wildman–Crippen MR) is 112 cm³/mol. The Morgan fingerprint density at radius 1 is 1.07 bits per heavy atom. The first-order chi connectivity index (χ1) is 13.7. The minimum atomic E-state index is 0.509. The van der Waals surface area contributed by atoms with Crippen LogP contribution in [0.15, 0.2) is 67.3 Å². The molecule has 0 saturated heterocycles. The molecule has 0 atom stereocenters. The third kappa shape index (κ3) is 2.84. The second-order valence-electron chi connectivity index (χ2n) is 6.45. The molecule has 0 radical (unpaired) electrons. The van der Waals surface area contributed by atoms with E-state index in [1.54, 1.807) is 6.33 Å². The number of fused-ring (bicyclic) bond motifs is 2. The standard InChI is InChI=1S/C21H16ClN5O/c1-27-10-8-17-20(27)21(25-12-24-17)26-13-5-6-19(15(22)11-13)28-18-4-2-3-16-14(18)7-9-23-16/h2-12,23H,1H3,(H,24,25,26). The number of nitrogens with one attached hydrogen (secondary N) is 2. The summed E-state index contributed by atoms with van der Waals surface area (Å²) in [7, 11) is 1.96. The molecule has 5 rings (SSSR count). The Hall–Kier alpha value is -3.51. The molecular weight excluding hydrogens is 374 g/mol. The number of anilines is 2. The monoisotopic (exact) mass is 389 g/mol. The second-order valence-corrected chi connectivity index (χ2v) is 6.86. The first-order valence-corrected chi connectivity index (χ1v) is 9.13. The summed E-state index contributed by atoms with van der Waals surface area (Å²) < 4.78 is 8.03. The minimum Gasteiger partial charge on any atom is -0.455 e. The molecule has 0 saturated carbocycles. The summed E-state index contributed by atoms with van der Waals surface area (Å²) in [4.78, 5) is 11.8. The fourth-order valence-corrected chi connectivity index (χ4v) is 3.49. The number of rotatable bonds is 4. The maximum Gasteiger partial charge on any atom is 0.158 e. The van der Waals surface area contributed by atoms with Gasteiger partial charge in [-0.05, 0) is 42.5 Å². The van der Waals surface area contributed by atoms with Crippen LogP contribution in [0.4, 0.5) is 11.5 Å². The van der Waals surface area contributed by atoms with Crippen LogP contribution in [0.1, 0.15) is 0 Å². The summed E-state index contributed by atoms with van der Waals surface area (Å²) in [6.07, 6.45) is 5.38. The van der Waals surface area contributed by atoms with Crippen molar-refractivity contribution in [2.45, 2.75) is 0 Å². The van der Waals surface area contributed by atoms with Crippen molar-refractivity contribution in [3.05, 3.63) is 72.3 Å². The van der Waals surface area contributed by atoms with Crippen LogP contribution in [0, 0.1) is 0 Å². The fraction of sp³-hybridized carbons (Fsp3) is 0.0476. The Morgan fingerprint density at radius 2 is 2.00 bits per heavy atom. The van der Waals surface area contributed by atoms with E-state index in [1.807, 2.05) is 72.5 Å². The zero-order valence-corrected chi connectivity index (χ0v) is 15.7. The van der Waals surface area contributed by atoms with Gasteiger partial charge in [0.15, 0.2) is 5.82 Å². The number of aryl methyl sites for hydroxylation is 1. The number of H-pyrrole nitrogens is 1. The molecule has 3 aromatic heterocycles. The van der Waals surface area contributed by atoms with E-state index in [4.69, 9.17) is 16.3 Å². The Labute approximate surface area is 165 Å². The predicted octanol–water partition coefficient (Wildman–Crippen LogP) is 5.64. The molecule has 138 valence electrons. The van der Waals surface area contributed by atoms with E-state index in [0.717, 1.165) is 39.2 Å². The Balaban J connectivity index is 1.45. The van der Waals surface area contributed by atoms with Gasteiger partial charge in [-0.1, -0.05) is 17.7 Å². The van der Waals surface area contributed by atoms with Gasteiger partial charge in [0.2, 0.25) is 0 Å². The van der Waals surface area contributed by atoms with Crippen molar-refractivity contribution in [1.82, 2.24) is 19.5 Å². The van der Waals surface area contributed by atoms with E-state index in [0.29, 0.717) is 10.8 Å². The van der Waals surface area contributed by atoms with Crippen molar-refractivity contribution in [2.75, 3.05) is 5.32 Å². The molecule has 0 aliphatic carbocycles. The molecule has 0 spiro atoms. The van der Waals surface area contributed by atoms with E-state index in [-0.39, 0.29) is 0 Å². The normalized spacial score (nSPS) is 11.2. The van der Waals surface area contributed by atoms with Gasteiger partial charge in [0.1, 0.15) is 23.3 Å². The zero-order valence-electron chi connectivity index (χ0n) is 15.0. The molecule has 2 aromatic carbocycles. The molecule has 28 heavy (non-hydrogen) atoms. The Morgan fingerprint density at radius 3 is 2.89 bits per heavy atom. The third-order valence-electron chi connectivity index (χ3n) is 4.63. The van der Waals surface area contributed by atoms with Crippen molar-refractivity contribution >= 4 is 45.0 Å². The third-order valence-corrected chi connectivity index (χ3v) is 4.92. The van der Waals surface area contributed by atoms with Crippen molar-refractivity contribution in [3.63, 3.8) is 0 Å². The lowest BCUT2D eigenvalue weighted by Crippen LogP contribution is -1.98. The highest BCUT2D eigenvalue weighted by Gasteiger charge is 2.11. The van der Waals surface area contributed by atoms with Gasteiger partial charge in [-0.3, -0.25) is 0 Å². The number of halogens is 1. The van der Waals surface area contributed by atoms with Gasteiger partial charge in [-0.2, -0.15) is 0 Å². The molecule has 0 unspecified atom stereocenters.